The van der Waals surface area contributed by atoms with E-state index in [1.165, 1.54) is 92.7 Å². The summed E-state index contributed by atoms with van der Waals surface area (Å²) in [6.45, 7) is 6.36. The Morgan fingerprint density at radius 1 is 0.423 bits per heavy atom. The molecule has 0 radical (unpaired) electrons. The Balaban J connectivity index is 1.18. The molecule has 0 spiro atoms. The molecule has 8 aromatic carbocycles. The van der Waals surface area contributed by atoms with Gasteiger partial charge in [0.25, 0.3) is 0 Å². The van der Waals surface area contributed by atoms with Crippen molar-refractivity contribution in [3.05, 3.63) is 157 Å². The van der Waals surface area contributed by atoms with Crippen LogP contribution in [-0.2, 0) is 0 Å². The van der Waals surface area contributed by atoms with Gasteiger partial charge in [-0.3, -0.25) is 0 Å². The second-order valence-corrected chi connectivity index (χ2v) is 15.0. The quantitative estimate of drug-likeness (QED) is 0.199. The number of aliphatic hydroxyl groups is 1. The lowest BCUT2D eigenvalue weighted by Gasteiger charge is -2.10. The van der Waals surface area contributed by atoms with Crippen molar-refractivity contribution in [3.8, 4) is 16.8 Å². The molecule has 0 aliphatic heterocycles. The van der Waals surface area contributed by atoms with Gasteiger partial charge < -0.3 is 14.1 Å². The van der Waals surface area contributed by atoms with E-state index in [1.807, 2.05) is 13.0 Å². The van der Waals surface area contributed by atoms with Crippen LogP contribution in [0, 0.1) is 0 Å². The SMILES string of the molecule is CC(C)c1ccc2cc3c(cc2c1)c1cc(-c2ccc(-n4c5ccccc5c5ccccc54)cc2)cc2c4cc5cc(C(C)O)ccc5cc4n3c12. The highest BCUT2D eigenvalue weighted by Gasteiger charge is 2.21. The van der Waals surface area contributed by atoms with Gasteiger partial charge in [0.05, 0.1) is 33.7 Å². The highest BCUT2D eigenvalue weighted by molar-refractivity contribution is 6.27. The summed E-state index contributed by atoms with van der Waals surface area (Å²) in [5.74, 6) is 0.471. The van der Waals surface area contributed by atoms with E-state index in [0.717, 1.165) is 16.6 Å². The summed E-state index contributed by atoms with van der Waals surface area (Å²) in [5.41, 5.74) is 12.0. The number of rotatable bonds is 4. The smallest absolute Gasteiger partial charge is 0.0762 e. The van der Waals surface area contributed by atoms with Gasteiger partial charge in [-0.05, 0) is 123 Å². The molecule has 1 atom stereocenters. The Hall–Kier alpha value is -6.16. The van der Waals surface area contributed by atoms with Gasteiger partial charge >= 0.3 is 0 Å². The third-order valence-corrected chi connectivity index (χ3v) is 11.5. The number of fused-ring (bicyclic) bond motifs is 11. The predicted molar refractivity (Wildman–Crippen MR) is 221 cm³/mol. The number of benzene rings is 8. The Labute approximate surface area is 300 Å². The van der Waals surface area contributed by atoms with Crippen molar-refractivity contribution in [2.45, 2.75) is 32.8 Å². The van der Waals surface area contributed by atoms with Crippen LogP contribution in [0.25, 0.3) is 98.3 Å². The molecule has 3 nitrogen and oxygen atoms in total. The van der Waals surface area contributed by atoms with Crippen LogP contribution < -0.4 is 0 Å². The molecule has 0 saturated heterocycles. The maximum Gasteiger partial charge on any atom is 0.0762 e. The van der Waals surface area contributed by atoms with Gasteiger partial charge in [0.1, 0.15) is 0 Å². The molecule has 1 N–H and O–H groups in total. The molecule has 0 aliphatic rings. The Kier molecular flexibility index (Phi) is 6.07. The van der Waals surface area contributed by atoms with Gasteiger partial charge in [-0.25, -0.2) is 0 Å². The van der Waals surface area contributed by atoms with E-state index in [-0.39, 0.29) is 0 Å². The van der Waals surface area contributed by atoms with Gasteiger partial charge in [-0.2, -0.15) is 0 Å². The molecule has 0 saturated carbocycles. The fourth-order valence-electron chi connectivity index (χ4n) is 8.86. The van der Waals surface area contributed by atoms with E-state index < -0.39 is 6.10 Å². The summed E-state index contributed by atoms with van der Waals surface area (Å²) >= 11 is 0. The summed E-state index contributed by atoms with van der Waals surface area (Å²) in [7, 11) is 0. The summed E-state index contributed by atoms with van der Waals surface area (Å²) in [6, 6.07) is 54.0. The van der Waals surface area contributed by atoms with E-state index in [9.17, 15) is 5.11 Å². The Morgan fingerprint density at radius 3 is 1.52 bits per heavy atom. The molecule has 3 heterocycles. The third-order valence-electron chi connectivity index (χ3n) is 11.5. The molecule has 3 aromatic heterocycles. The summed E-state index contributed by atoms with van der Waals surface area (Å²) < 4.78 is 4.87. The number of aliphatic hydroxyl groups excluding tert-OH is 1. The van der Waals surface area contributed by atoms with Crippen molar-refractivity contribution in [2.75, 3.05) is 0 Å². The Morgan fingerprint density at radius 2 is 0.962 bits per heavy atom. The molecule has 0 fully saturated rings. The van der Waals surface area contributed by atoms with Gasteiger partial charge in [-0.15, -0.1) is 0 Å². The molecular formula is C49H36N2O. The first kappa shape index (κ1) is 29.6. The van der Waals surface area contributed by atoms with Crippen LogP contribution in [0.4, 0.5) is 0 Å². The summed E-state index contributed by atoms with van der Waals surface area (Å²) in [6.07, 6.45) is -0.514. The highest BCUT2D eigenvalue weighted by Crippen LogP contribution is 2.44. The van der Waals surface area contributed by atoms with Crippen LogP contribution in [-0.4, -0.2) is 14.1 Å². The first-order valence-corrected chi connectivity index (χ1v) is 18.3. The van der Waals surface area contributed by atoms with Crippen LogP contribution in [0.5, 0.6) is 0 Å². The molecule has 0 aliphatic carbocycles. The number of nitrogens with zero attached hydrogens (tertiary/aromatic N) is 2. The van der Waals surface area contributed by atoms with Crippen LogP contribution >= 0.6 is 0 Å². The third kappa shape index (κ3) is 4.11. The molecule has 52 heavy (non-hydrogen) atoms. The monoisotopic (exact) mass is 668 g/mol. The van der Waals surface area contributed by atoms with Crippen molar-refractivity contribution in [1.82, 2.24) is 8.97 Å². The van der Waals surface area contributed by atoms with Gasteiger partial charge in [-0.1, -0.05) is 92.7 Å². The minimum Gasteiger partial charge on any atom is -0.389 e. The first-order chi connectivity index (χ1) is 25.4. The van der Waals surface area contributed by atoms with Crippen molar-refractivity contribution in [3.63, 3.8) is 0 Å². The molecule has 0 amide bonds. The molecule has 3 heteroatoms. The van der Waals surface area contributed by atoms with Gasteiger partial charge in [0.2, 0.25) is 0 Å². The summed E-state index contributed by atoms with van der Waals surface area (Å²) in [4.78, 5) is 0. The zero-order valence-electron chi connectivity index (χ0n) is 29.4. The minimum atomic E-state index is -0.514. The lowest BCUT2D eigenvalue weighted by atomic mass is 9.96. The van der Waals surface area contributed by atoms with Crippen molar-refractivity contribution >= 4 is 81.4 Å². The second-order valence-electron chi connectivity index (χ2n) is 15.0. The normalized spacial score (nSPS) is 13.1. The topological polar surface area (TPSA) is 29.6 Å². The number of para-hydroxylation sites is 2. The average molecular weight is 669 g/mol. The van der Waals surface area contributed by atoms with Crippen molar-refractivity contribution < 1.29 is 5.11 Å². The van der Waals surface area contributed by atoms with E-state index in [2.05, 4.69) is 162 Å². The largest absolute Gasteiger partial charge is 0.389 e. The van der Waals surface area contributed by atoms with E-state index in [0.29, 0.717) is 5.92 Å². The second kappa shape index (κ2) is 10.7. The van der Waals surface area contributed by atoms with Crippen LogP contribution in [0.15, 0.2) is 146 Å². The minimum absolute atomic E-state index is 0.471. The Bertz CT molecular complexity index is 3040. The number of hydrogen-bond acceptors (Lipinski definition) is 1. The van der Waals surface area contributed by atoms with Gasteiger partial charge in [0.15, 0.2) is 0 Å². The van der Waals surface area contributed by atoms with E-state index in [1.54, 1.807) is 0 Å². The maximum absolute atomic E-state index is 10.4. The molecule has 248 valence electrons. The molecule has 11 aromatic rings. The maximum atomic E-state index is 10.4. The first-order valence-electron chi connectivity index (χ1n) is 18.3. The molecular weight excluding hydrogens is 633 g/mol. The van der Waals surface area contributed by atoms with Gasteiger partial charge in [0, 0.05) is 38.0 Å². The van der Waals surface area contributed by atoms with Crippen LogP contribution in [0.3, 0.4) is 0 Å². The lowest BCUT2D eigenvalue weighted by molar-refractivity contribution is 0.199. The highest BCUT2D eigenvalue weighted by atomic mass is 16.3. The van der Waals surface area contributed by atoms with Crippen molar-refractivity contribution in [2.24, 2.45) is 0 Å². The van der Waals surface area contributed by atoms with E-state index >= 15 is 0 Å². The van der Waals surface area contributed by atoms with Crippen LogP contribution in [0.1, 0.15) is 43.9 Å². The fraction of sp³-hybridized carbons (Fsp3) is 0.102. The molecule has 0 bridgehead atoms. The van der Waals surface area contributed by atoms with E-state index in [4.69, 9.17) is 0 Å². The standard InChI is InChI=1S/C49H36N2O/c1-28(2)31-12-14-33-26-47-41(22-35(33)20-31)43-24-37(25-44-42-23-36-21-32(29(3)52)13-15-34(36)27-48(42)51(47)49(43)44)30-16-18-38(19-17-30)50-45-10-6-4-8-39(45)40-9-5-7-11-46(40)50/h4-29,52H,1-3H3. The summed E-state index contributed by atoms with van der Waals surface area (Å²) in [5, 5.41) is 22.8. The fourth-order valence-corrected chi connectivity index (χ4v) is 8.86. The lowest BCUT2D eigenvalue weighted by Crippen LogP contribution is -1.93. The number of aromatic nitrogens is 2. The zero-order chi connectivity index (χ0) is 34.8. The zero-order valence-corrected chi connectivity index (χ0v) is 29.4. The van der Waals surface area contributed by atoms with Crippen molar-refractivity contribution in [1.29, 1.82) is 0 Å². The van der Waals surface area contributed by atoms with Crippen LogP contribution in [0.2, 0.25) is 0 Å². The number of hydrogen-bond donors (Lipinski definition) is 1. The molecule has 11 rings (SSSR count). The molecule has 1 unspecified atom stereocenters. The predicted octanol–water partition coefficient (Wildman–Crippen LogP) is 13.1. The average Bonchev–Trinajstić information content (AvgIpc) is 3.79.